The summed E-state index contributed by atoms with van der Waals surface area (Å²) in [4.78, 5) is 0. The van der Waals surface area contributed by atoms with Crippen molar-refractivity contribution in [2.24, 2.45) is 0 Å². The largest absolute Gasteiger partial charge is 0.673 e. The second kappa shape index (κ2) is 12.0. The van der Waals surface area contributed by atoms with Crippen LogP contribution in [0.3, 0.4) is 0 Å². The van der Waals surface area contributed by atoms with Gasteiger partial charge in [-0.15, -0.1) is 0 Å². The van der Waals surface area contributed by atoms with Crippen LogP contribution >= 0.6 is 0 Å². The van der Waals surface area contributed by atoms with E-state index in [2.05, 4.69) is 26.4 Å². The van der Waals surface area contributed by atoms with Crippen LogP contribution in [-0.4, -0.2) is 43.6 Å². The summed E-state index contributed by atoms with van der Waals surface area (Å²) in [6.45, 7) is 4.61. The molecule has 0 heterocycles. The summed E-state index contributed by atoms with van der Waals surface area (Å²) < 4.78 is 78.0. The quantitative estimate of drug-likeness (QED) is 0.411. The van der Waals surface area contributed by atoms with Crippen LogP contribution < -0.4 is 0 Å². The van der Waals surface area contributed by atoms with E-state index in [-0.39, 0.29) is 0 Å². The van der Waals surface area contributed by atoms with E-state index in [0.29, 0.717) is 10.9 Å². The number of halogens is 8. The van der Waals surface area contributed by atoms with Crippen LogP contribution in [0.1, 0.15) is 13.8 Å². The van der Waals surface area contributed by atoms with E-state index in [0.717, 1.165) is 10.9 Å². The van der Waals surface area contributed by atoms with Crippen molar-refractivity contribution >= 4 is 36.3 Å². The van der Waals surface area contributed by atoms with Crippen molar-refractivity contribution in [1.29, 1.82) is 0 Å². The van der Waals surface area contributed by atoms with Crippen molar-refractivity contribution < 1.29 is 34.5 Å². The molecule has 12 heteroatoms. The zero-order valence-corrected chi connectivity index (χ0v) is 12.7. The fourth-order valence-corrected chi connectivity index (χ4v) is 5.11. The van der Waals surface area contributed by atoms with Gasteiger partial charge in [-0.2, -0.15) is 0 Å². The summed E-state index contributed by atoms with van der Waals surface area (Å²) in [6, 6.07) is 0. The third-order valence-electron chi connectivity index (χ3n) is 1.22. The molecule has 0 saturated carbocycles. The monoisotopic (exact) mass is 340 g/mol. The topological polar surface area (TPSA) is 0 Å². The van der Waals surface area contributed by atoms with Gasteiger partial charge in [-0.3, -0.25) is 0 Å². The Hall–Kier alpha value is 0.270. The lowest BCUT2D eigenvalue weighted by Crippen LogP contribution is -2.18. The molecule has 0 rings (SSSR count). The number of hydrogen-bond acceptors (Lipinski definition) is 0. The summed E-state index contributed by atoms with van der Waals surface area (Å²) in [7, 11) is -10.6. The normalized spacial score (nSPS) is 11.7. The van der Waals surface area contributed by atoms with Gasteiger partial charge in [0.2, 0.25) is 0 Å². The van der Waals surface area contributed by atoms with Gasteiger partial charge in [0.1, 0.15) is 24.0 Å². The van der Waals surface area contributed by atoms with Crippen molar-refractivity contribution in [3.8, 4) is 0 Å². The molecule has 0 aliphatic carbocycles. The average molecular weight is 340 g/mol. The molecule has 0 aromatic carbocycles. The van der Waals surface area contributed by atoms with E-state index in [1.165, 1.54) is 16.6 Å². The van der Waals surface area contributed by atoms with Gasteiger partial charge < -0.3 is 34.5 Å². The fourth-order valence-electron chi connectivity index (χ4n) is 0.704. The lowest BCUT2D eigenvalue weighted by Gasteiger charge is -1.99. The first-order valence-corrected chi connectivity index (χ1v) is 9.07. The Bertz CT molecular complexity index is 169. The SMILES string of the molecule is CC[S+](CC)C[S+](C)C.F[B-](F)(F)F.F[B-](F)(F)F. The maximum Gasteiger partial charge on any atom is 0.673 e. The van der Waals surface area contributed by atoms with Gasteiger partial charge >= 0.3 is 14.5 Å². The van der Waals surface area contributed by atoms with Gasteiger partial charge in [-0.1, -0.05) is 0 Å². The molecular formula is C7H18B2F8S2. The molecule has 0 aromatic rings. The molecule has 0 bridgehead atoms. The van der Waals surface area contributed by atoms with Crippen molar-refractivity contribution in [2.75, 3.05) is 29.1 Å². The van der Waals surface area contributed by atoms with E-state index in [1.807, 2.05) is 0 Å². The maximum absolute atomic E-state index is 9.75. The molecule has 0 amide bonds. The Morgan fingerprint density at radius 2 is 0.895 bits per heavy atom. The van der Waals surface area contributed by atoms with E-state index in [9.17, 15) is 34.5 Å². The minimum atomic E-state index is -6.00. The predicted octanol–water partition coefficient (Wildman–Crippen LogP) is 4.08. The van der Waals surface area contributed by atoms with E-state index >= 15 is 0 Å². The molecule has 0 N–H and O–H groups in total. The zero-order chi connectivity index (χ0) is 16.3. The Kier molecular flexibility index (Phi) is 15.4. The summed E-state index contributed by atoms with van der Waals surface area (Å²) in [5.41, 5.74) is 0. The van der Waals surface area contributed by atoms with Crippen LogP contribution in [-0.2, 0) is 21.8 Å². The van der Waals surface area contributed by atoms with Crippen LogP contribution in [0.4, 0.5) is 34.5 Å². The smallest absolute Gasteiger partial charge is 0.418 e. The Labute approximate surface area is 114 Å². The highest BCUT2D eigenvalue weighted by Crippen LogP contribution is 2.07. The molecule has 0 aliphatic heterocycles. The molecule has 0 atom stereocenters. The molecule has 0 nitrogen and oxygen atoms in total. The first kappa shape index (κ1) is 24.3. The molecule has 0 saturated heterocycles. The highest BCUT2D eigenvalue weighted by Gasteiger charge is 2.21. The van der Waals surface area contributed by atoms with Gasteiger partial charge in [0.05, 0.1) is 0 Å². The highest BCUT2D eigenvalue weighted by atomic mass is 32.3. The van der Waals surface area contributed by atoms with E-state index in [4.69, 9.17) is 0 Å². The minimum Gasteiger partial charge on any atom is -0.418 e. The van der Waals surface area contributed by atoms with E-state index in [1.54, 1.807) is 0 Å². The lowest BCUT2D eigenvalue weighted by atomic mass is 10.3. The summed E-state index contributed by atoms with van der Waals surface area (Å²) in [5.74, 6) is 2.78. The number of rotatable bonds is 4. The van der Waals surface area contributed by atoms with Crippen molar-refractivity contribution in [1.82, 2.24) is 0 Å². The van der Waals surface area contributed by atoms with Gasteiger partial charge in [0, 0.05) is 21.8 Å². The molecule has 19 heavy (non-hydrogen) atoms. The summed E-state index contributed by atoms with van der Waals surface area (Å²) in [5, 5.41) is 1.47. The molecule has 0 unspecified atom stereocenters. The second-order valence-electron chi connectivity index (χ2n) is 3.28. The molecule has 0 aromatic heterocycles. The van der Waals surface area contributed by atoms with Gasteiger partial charge in [0.25, 0.3) is 5.08 Å². The second-order valence-corrected chi connectivity index (χ2v) is 8.58. The van der Waals surface area contributed by atoms with Gasteiger partial charge in [-0.05, 0) is 13.8 Å². The predicted molar refractivity (Wildman–Crippen MR) is 72.9 cm³/mol. The van der Waals surface area contributed by atoms with Gasteiger partial charge in [0.15, 0.2) is 0 Å². The van der Waals surface area contributed by atoms with Crippen LogP contribution in [0.2, 0.25) is 0 Å². The highest BCUT2D eigenvalue weighted by molar-refractivity contribution is 8.12. The lowest BCUT2D eigenvalue weighted by molar-refractivity contribution is 0.366. The Morgan fingerprint density at radius 3 is 0.947 bits per heavy atom. The maximum atomic E-state index is 9.75. The van der Waals surface area contributed by atoms with Crippen LogP contribution in [0, 0.1) is 0 Å². The summed E-state index contributed by atoms with van der Waals surface area (Å²) in [6.07, 6.45) is 4.68. The van der Waals surface area contributed by atoms with Crippen molar-refractivity contribution in [2.45, 2.75) is 13.8 Å². The van der Waals surface area contributed by atoms with Crippen molar-refractivity contribution in [3.63, 3.8) is 0 Å². The van der Waals surface area contributed by atoms with Crippen LogP contribution in [0.5, 0.6) is 0 Å². The van der Waals surface area contributed by atoms with Crippen LogP contribution in [0.25, 0.3) is 0 Å². The standard InChI is InChI=1S/C7H18S2.2BF4/c1-5-9(6-2)7-8(3)4;2*2-1(3,4)5/h5-7H2,1-4H3;;/q+2;2*-1. The number of hydrogen-bond donors (Lipinski definition) is 0. The molecule has 0 aliphatic rings. The molecule has 0 radical (unpaired) electrons. The Balaban J connectivity index is -0.000000219. The fraction of sp³-hybridized carbons (Fsp3) is 1.00. The van der Waals surface area contributed by atoms with E-state index < -0.39 is 14.5 Å². The first-order chi connectivity index (χ1) is 8.20. The summed E-state index contributed by atoms with van der Waals surface area (Å²) >= 11 is 0. The third-order valence-corrected chi connectivity index (χ3v) is 6.07. The molecular weight excluding hydrogens is 322 g/mol. The van der Waals surface area contributed by atoms with Gasteiger partial charge in [-0.25, -0.2) is 0 Å². The molecule has 120 valence electrons. The molecule has 0 fully saturated rings. The van der Waals surface area contributed by atoms with Crippen molar-refractivity contribution in [3.05, 3.63) is 0 Å². The first-order valence-electron chi connectivity index (χ1n) is 5.13. The Morgan fingerprint density at radius 1 is 0.684 bits per heavy atom. The average Bonchev–Trinajstić information content (AvgIpc) is 2.08. The zero-order valence-electron chi connectivity index (χ0n) is 11.1. The third kappa shape index (κ3) is 70.7. The minimum absolute atomic E-state index is 0.667. The van der Waals surface area contributed by atoms with Crippen LogP contribution in [0.15, 0.2) is 0 Å². The molecule has 0 spiro atoms.